The molecule has 8 heteroatoms. The smallest absolute Gasteiger partial charge is 0.331 e. The lowest BCUT2D eigenvalue weighted by Crippen LogP contribution is -2.48. The topological polar surface area (TPSA) is 80.9 Å². The van der Waals surface area contributed by atoms with Crippen LogP contribution in [-0.4, -0.2) is 31.3 Å². The second-order valence-corrected chi connectivity index (χ2v) is 5.17. The third-order valence-corrected chi connectivity index (χ3v) is 3.86. The van der Waals surface area contributed by atoms with Crippen LogP contribution in [0.1, 0.15) is 19.3 Å². The normalized spacial score (nSPS) is 16.7. The predicted octanol–water partition coefficient (Wildman–Crippen LogP) is 2.10. The Balaban J connectivity index is 2.13. The van der Waals surface area contributed by atoms with E-state index in [-0.39, 0.29) is 16.4 Å². The highest BCUT2D eigenvalue weighted by Gasteiger charge is 2.49. The minimum Gasteiger partial charge on any atom is -0.479 e. The van der Waals surface area contributed by atoms with Gasteiger partial charge >= 0.3 is 5.97 Å². The lowest BCUT2D eigenvalue weighted by molar-refractivity contribution is -0.153. The van der Waals surface area contributed by atoms with Crippen molar-refractivity contribution in [2.75, 3.05) is 0 Å². The minimum absolute atomic E-state index is 0.0984. The maximum absolute atomic E-state index is 14.0. The maximum Gasteiger partial charge on any atom is 0.331 e. The first-order valence-corrected chi connectivity index (χ1v) is 6.40. The van der Waals surface area contributed by atoms with Crippen LogP contribution in [0.5, 0.6) is 0 Å². The van der Waals surface area contributed by atoms with Crippen LogP contribution in [0.15, 0.2) is 18.2 Å². The summed E-state index contributed by atoms with van der Waals surface area (Å²) in [5.41, 5.74) is -1.04. The van der Waals surface area contributed by atoms with Crippen LogP contribution in [0.25, 0.3) is 11.4 Å². The minimum atomic E-state index is -1.18. The fourth-order valence-corrected chi connectivity index (χ4v) is 2.50. The molecule has 1 aromatic heterocycles. The molecule has 0 saturated heterocycles. The Labute approximate surface area is 118 Å². The third kappa shape index (κ3) is 1.77. The molecule has 6 nitrogen and oxygen atoms in total. The van der Waals surface area contributed by atoms with Gasteiger partial charge in [-0.15, -0.1) is 5.10 Å². The molecular weight excluding hydrogens is 287 g/mol. The number of rotatable bonds is 3. The second-order valence-electron chi connectivity index (χ2n) is 4.73. The van der Waals surface area contributed by atoms with Crippen LogP contribution in [0, 0.1) is 5.82 Å². The zero-order valence-corrected chi connectivity index (χ0v) is 11.0. The molecule has 2 aromatic rings. The van der Waals surface area contributed by atoms with Gasteiger partial charge in [0.05, 0.1) is 5.56 Å². The predicted molar refractivity (Wildman–Crippen MR) is 67.7 cm³/mol. The number of carboxylic acids is 1. The van der Waals surface area contributed by atoms with Gasteiger partial charge in [-0.1, -0.05) is 11.6 Å². The van der Waals surface area contributed by atoms with Gasteiger partial charge in [0.25, 0.3) is 0 Å². The number of nitrogens with zero attached hydrogens (tertiary/aromatic N) is 4. The average molecular weight is 297 g/mol. The SMILES string of the molecule is O=C(O)C1(n2nnnc2-c2ccc(Cl)cc2F)CCC1. The van der Waals surface area contributed by atoms with Crippen LogP contribution in [0.2, 0.25) is 5.02 Å². The Morgan fingerprint density at radius 2 is 2.20 bits per heavy atom. The fourth-order valence-electron chi connectivity index (χ4n) is 2.34. The zero-order valence-electron chi connectivity index (χ0n) is 10.3. The Hall–Kier alpha value is -2.02. The number of carboxylic acid groups (broad SMARTS) is 1. The van der Waals surface area contributed by atoms with E-state index in [9.17, 15) is 14.3 Å². The van der Waals surface area contributed by atoms with Crippen molar-refractivity contribution < 1.29 is 14.3 Å². The first-order valence-electron chi connectivity index (χ1n) is 6.02. The largest absolute Gasteiger partial charge is 0.479 e. The van der Waals surface area contributed by atoms with Crippen molar-refractivity contribution in [1.82, 2.24) is 20.2 Å². The van der Waals surface area contributed by atoms with E-state index in [4.69, 9.17) is 11.6 Å². The summed E-state index contributed by atoms with van der Waals surface area (Å²) in [6, 6.07) is 4.09. The number of hydrogen-bond donors (Lipinski definition) is 1. The first kappa shape index (κ1) is 13.0. The monoisotopic (exact) mass is 296 g/mol. The van der Waals surface area contributed by atoms with E-state index in [2.05, 4.69) is 15.5 Å². The summed E-state index contributed by atoms with van der Waals surface area (Å²) in [6.45, 7) is 0. The van der Waals surface area contributed by atoms with E-state index in [1.807, 2.05) is 0 Å². The molecule has 3 rings (SSSR count). The summed E-state index contributed by atoms with van der Waals surface area (Å²) in [5, 5.41) is 20.7. The van der Waals surface area contributed by atoms with Crippen LogP contribution in [0.4, 0.5) is 4.39 Å². The first-order chi connectivity index (χ1) is 9.54. The van der Waals surface area contributed by atoms with Gasteiger partial charge in [-0.3, -0.25) is 0 Å². The van der Waals surface area contributed by atoms with Gasteiger partial charge in [0.1, 0.15) is 5.82 Å². The van der Waals surface area contributed by atoms with Gasteiger partial charge < -0.3 is 5.11 Å². The molecule has 1 aliphatic rings. The molecule has 0 bridgehead atoms. The molecule has 1 saturated carbocycles. The molecule has 0 atom stereocenters. The molecule has 1 fully saturated rings. The highest BCUT2D eigenvalue weighted by Crippen LogP contribution is 2.41. The van der Waals surface area contributed by atoms with Crippen LogP contribution < -0.4 is 0 Å². The molecule has 0 radical (unpaired) electrons. The molecule has 0 spiro atoms. The maximum atomic E-state index is 14.0. The summed E-state index contributed by atoms with van der Waals surface area (Å²) in [5.74, 6) is -1.50. The Bertz CT molecular complexity index is 684. The third-order valence-electron chi connectivity index (χ3n) is 3.63. The summed E-state index contributed by atoms with van der Waals surface area (Å²) in [7, 11) is 0. The Morgan fingerprint density at radius 1 is 1.45 bits per heavy atom. The second kappa shape index (κ2) is 4.52. The van der Waals surface area contributed by atoms with Gasteiger partial charge in [0, 0.05) is 5.02 Å². The van der Waals surface area contributed by atoms with E-state index in [1.165, 1.54) is 16.8 Å². The molecule has 0 aliphatic heterocycles. The van der Waals surface area contributed by atoms with Crippen LogP contribution >= 0.6 is 11.6 Å². The molecule has 1 aromatic carbocycles. The zero-order chi connectivity index (χ0) is 14.3. The lowest BCUT2D eigenvalue weighted by atomic mass is 9.76. The van der Waals surface area contributed by atoms with Crippen molar-refractivity contribution in [3.05, 3.63) is 29.0 Å². The number of aliphatic carboxylic acids is 1. The summed E-state index contributed by atoms with van der Waals surface area (Å²) >= 11 is 5.70. The summed E-state index contributed by atoms with van der Waals surface area (Å²) in [4.78, 5) is 11.5. The Morgan fingerprint density at radius 3 is 2.75 bits per heavy atom. The van der Waals surface area contributed by atoms with Crippen molar-refractivity contribution >= 4 is 17.6 Å². The van der Waals surface area contributed by atoms with Gasteiger partial charge in [-0.2, -0.15) is 0 Å². The molecule has 0 unspecified atom stereocenters. The van der Waals surface area contributed by atoms with E-state index >= 15 is 0 Å². The number of aromatic nitrogens is 4. The number of hydrogen-bond acceptors (Lipinski definition) is 4. The molecule has 1 N–H and O–H groups in total. The highest BCUT2D eigenvalue weighted by atomic mass is 35.5. The van der Waals surface area contributed by atoms with Gasteiger partial charge in [-0.25, -0.2) is 13.9 Å². The van der Waals surface area contributed by atoms with E-state index in [1.54, 1.807) is 0 Å². The molecule has 20 heavy (non-hydrogen) atoms. The number of carbonyl (C=O) groups is 1. The standard InChI is InChI=1S/C12H10ClFN4O2/c13-7-2-3-8(9(14)6-7)10-15-16-17-18(10)12(11(19)20)4-1-5-12/h2-3,6H,1,4-5H2,(H,19,20). The van der Waals surface area contributed by atoms with Crippen LogP contribution in [0.3, 0.4) is 0 Å². The van der Waals surface area contributed by atoms with E-state index < -0.39 is 17.3 Å². The van der Waals surface area contributed by atoms with Gasteiger partial charge in [0.15, 0.2) is 11.4 Å². The van der Waals surface area contributed by atoms with Crippen LogP contribution in [-0.2, 0) is 10.3 Å². The number of benzene rings is 1. The molecular formula is C12H10ClFN4O2. The van der Waals surface area contributed by atoms with Crippen molar-refractivity contribution in [3.63, 3.8) is 0 Å². The lowest BCUT2D eigenvalue weighted by Gasteiger charge is -2.37. The quantitative estimate of drug-likeness (QED) is 0.938. The van der Waals surface area contributed by atoms with E-state index in [0.29, 0.717) is 12.8 Å². The Kier molecular flexibility index (Phi) is 2.93. The number of tetrazole rings is 1. The molecule has 104 valence electrons. The van der Waals surface area contributed by atoms with Gasteiger partial charge in [0.2, 0.25) is 0 Å². The summed E-state index contributed by atoms with van der Waals surface area (Å²) < 4.78 is 15.2. The fraction of sp³-hybridized carbons (Fsp3) is 0.333. The van der Waals surface area contributed by atoms with Crippen molar-refractivity contribution in [2.24, 2.45) is 0 Å². The summed E-state index contributed by atoms with van der Waals surface area (Å²) in [6.07, 6.45) is 1.62. The van der Waals surface area contributed by atoms with Gasteiger partial charge in [-0.05, 0) is 47.9 Å². The van der Waals surface area contributed by atoms with E-state index in [0.717, 1.165) is 12.5 Å². The molecule has 0 amide bonds. The molecule has 1 aliphatic carbocycles. The highest BCUT2D eigenvalue weighted by molar-refractivity contribution is 6.30. The average Bonchev–Trinajstić information content (AvgIpc) is 2.76. The van der Waals surface area contributed by atoms with Crippen molar-refractivity contribution in [1.29, 1.82) is 0 Å². The number of halogens is 2. The van der Waals surface area contributed by atoms with Crippen molar-refractivity contribution in [3.8, 4) is 11.4 Å². The van der Waals surface area contributed by atoms with Crippen molar-refractivity contribution in [2.45, 2.75) is 24.8 Å². The molecule has 1 heterocycles.